The summed E-state index contributed by atoms with van der Waals surface area (Å²) in [5, 5.41) is 1.39. The predicted molar refractivity (Wildman–Crippen MR) is 157 cm³/mol. The van der Waals surface area contributed by atoms with Gasteiger partial charge in [0.05, 0.1) is 16.9 Å². The van der Waals surface area contributed by atoms with Crippen molar-refractivity contribution in [1.82, 2.24) is 18.9 Å². The second kappa shape index (κ2) is 9.30. The number of nitrogens with zero attached hydrogens (tertiary/aromatic N) is 4. The molecule has 4 nitrogen and oxygen atoms in total. The highest BCUT2D eigenvalue weighted by Gasteiger charge is 2.30. The summed E-state index contributed by atoms with van der Waals surface area (Å²) >= 11 is 0. The zero-order valence-corrected chi connectivity index (χ0v) is 22.0. The highest BCUT2D eigenvalue weighted by Crippen LogP contribution is 2.40. The number of hydrogen-bond donors (Lipinski definition) is 0. The Bertz CT molecular complexity index is 1740. The normalized spacial score (nSPS) is 15.8. The Morgan fingerprint density at radius 3 is 2.39 bits per heavy atom. The van der Waals surface area contributed by atoms with Crippen LogP contribution < -0.4 is 0 Å². The minimum absolute atomic E-state index is 0.384. The molecule has 1 unspecified atom stereocenters. The number of para-hydroxylation sites is 1. The minimum Gasteiger partial charge on any atom is -0.312 e. The van der Waals surface area contributed by atoms with Gasteiger partial charge in [-0.1, -0.05) is 73.7 Å². The van der Waals surface area contributed by atoms with Crippen LogP contribution in [0.1, 0.15) is 37.6 Å². The van der Waals surface area contributed by atoms with E-state index in [0.29, 0.717) is 6.04 Å². The lowest BCUT2D eigenvalue weighted by Crippen LogP contribution is -2.35. The Balaban J connectivity index is 1.39. The van der Waals surface area contributed by atoms with Crippen molar-refractivity contribution < 1.29 is 0 Å². The van der Waals surface area contributed by atoms with Crippen molar-refractivity contribution in [3.63, 3.8) is 0 Å². The van der Waals surface area contributed by atoms with Crippen LogP contribution in [-0.2, 0) is 6.42 Å². The second-order valence-corrected chi connectivity index (χ2v) is 10.3. The SMILES string of the molecule is CCCN1CCc2c(n(-c3ccc(-c4c(-c5ccccc5)nc5ccccn45)cc3)c3ccccc23)C1C. The molecular formula is C34H32N4. The van der Waals surface area contributed by atoms with E-state index >= 15 is 0 Å². The number of rotatable bonds is 5. The average Bonchev–Trinajstić information content (AvgIpc) is 3.52. The summed E-state index contributed by atoms with van der Waals surface area (Å²) in [7, 11) is 0. The van der Waals surface area contributed by atoms with Gasteiger partial charge in [-0.3, -0.25) is 9.30 Å². The third kappa shape index (κ3) is 3.59. The van der Waals surface area contributed by atoms with Crippen LogP contribution in [0.2, 0.25) is 0 Å². The molecule has 0 amide bonds. The van der Waals surface area contributed by atoms with E-state index in [9.17, 15) is 0 Å². The molecular weight excluding hydrogens is 464 g/mol. The van der Waals surface area contributed by atoms with E-state index in [1.807, 2.05) is 6.07 Å². The zero-order valence-electron chi connectivity index (χ0n) is 22.0. The lowest BCUT2D eigenvalue weighted by Gasteiger charge is -2.34. The summed E-state index contributed by atoms with van der Waals surface area (Å²) in [6.45, 7) is 6.92. The molecule has 3 aromatic carbocycles. The Morgan fingerprint density at radius 1 is 0.816 bits per heavy atom. The van der Waals surface area contributed by atoms with Crippen LogP contribution in [0.25, 0.3) is 44.8 Å². The van der Waals surface area contributed by atoms with Gasteiger partial charge < -0.3 is 4.57 Å². The van der Waals surface area contributed by atoms with Gasteiger partial charge in [0.25, 0.3) is 0 Å². The van der Waals surface area contributed by atoms with E-state index < -0.39 is 0 Å². The Hall–Kier alpha value is -4.15. The van der Waals surface area contributed by atoms with E-state index in [0.717, 1.165) is 47.7 Å². The van der Waals surface area contributed by atoms with E-state index in [1.54, 1.807) is 0 Å². The average molecular weight is 497 g/mol. The van der Waals surface area contributed by atoms with Gasteiger partial charge in [0.15, 0.2) is 0 Å². The van der Waals surface area contributed by atoms with Gasteiger partial charge in [0.1, 0.15) is 5.65 Å². The number of fused-ring (bicyclic) bond motifs is 4. The summed E-state index contributed by atoms with van der Waals surface area (Å²) in [5.74, 6) is 0. The Labute approximate surface area is 223 Å². The second-order valence-electron chi connectivity index (χ2n) is 10.3. The fourth-order valence-corrected chi connectivity index (χ4v) is 6.36. The largest absolute Gasteiger partial charge is 0.312 e. The summed E-state index contributed by atoms with van der Waals surface area (Å²) in [6.07, 6.45) is 4.39. The number of imidazole rings is 1. The lowest BCUT2D eigenvalue weighted by molar-refractivity contribution is 0.194. The molecule has 7 rings (SSSR count). The first kappa shape index (κ1) is 23.0. The Morgan fingerprint density at radius 2 is 1.58 bits per heavy atom. The number of hydrogen-bond acceptors (Lipinski definition) is 2. The molecule has 0 aliphatic carbocycles. The maximum absolute atomic E-state index is 5.02. The van der Waals surface area contributed by atoms with Crippen molar-refractivity contribution in [3.8, 4) is 28.2 Å². The van der Waals surface area contributed by atoms with Crippen LogP contribution >= 0.6 is 0 Å². The first-order valence-corrected chi connectivity index (χ1v) is 13.7. The molecule has 0 saturated carbocycles. The van der Waals surface area contributed by atoms with Crippen molar-refractivity contribution in [2.24, 2.45) is 0 Å². The molecule has 4 heteroatoms. The van der Waals surface area contributed by atoms with Crippen molar-refractivity contribution >= 4 is 16.6 Å². The molecule has 3 aromatic heterocycles. The topological polar surface area (TPSA) is 25.5 Å². The zero-order chi connectivity index (χ0) is 25.6. The van der Waals surface area contributed by atoms with Crippen LogP contribution in [0, 0.1) is 0 Å². The molecule has 188 valence electrons. The Kier molecular flexibility index (Phi) is 5.63. The first-order chi connectivity index (χ1) is 18.7. The van der Waals surface area contributed by atoms with Crippen molar-refractivity contribution in [2.75, 3.05) is 13.1 Å². The number of aromatic nitrogens is 3. The fraction of sp³-hybridized carbons (Fsp3) is 0.206. The molecule has 1 aliphatic rings. The summed E-state index contributed by atoms with van der Waals surface area (Å²) in [5.41, 5.74) is 10.9. The van der Waals surface area contributed by atoms with Crippen LogP contribution in [-0.4, -0.2) is 31.9 Å². The van der Waals surface area contributed by atoms with E-state index in [1.165, 1.54) is 34.3 Å². The van der Waals surface area contributed by atoms with Gasteiger partial charge in [0.2, 0.25) is 0 Å². The van der Waals surface area contributed by atoms with Gasteiger partial charge in [0, 0.05) is 46.7 Å². The molecule has 0 radical (unpaired) electrons. The molecule has 6 aromatic rings. The maximum Gasteiger partial charge on any atom is 0.137 e. The number of benzene rings is 3. The van der Waals surface area contributed by atoms with Crippen LogP contribution in [0.4, 0.5) is 0 Å². The van der Waals surface area contributed by atoms with E-state index in [2.05, 4.69) is 125 Å². The highest BCUT2D eigenvalue weighted by molar-refractivity contribution is 5.88. The fourth-order valence-electron chi connectivity index (χ4n) is 6.36. The summed E-state index contributed by atoms with van der Waals surface area (Å²) < 4.78 is 4.71. The van der Waals surface area contributed by atoms with Gasteiger partial charge in [-0.25, -0.2) is 4.98 Å². The van der Waals surface area contributed by atoms with E-state index in [-0.39, 0.29) is 0 Å². The first-order valence-electron chi connectivity index (χ1n) is 13.7. The van der Waals surface area contributed by atoms with Crippen molar-refractivity contribution in [3.05, 3.63) is 115 Å². The van der Waals surface area contributed by atoms with Crippen LogP contribution in [0.15, 0.2) is 103 Å². The highest BCUT2D eigenvalue weighted by atomic mass is 15.2. The third-order valence-electron chi connectivity index (χ3n) is 8.10. The van der Waals surface area contributed by atoms with Crippen molar-refractivity contribution in [1.29, 1.82) is 0 Å². The minimum atomic E-state index is 0.384. The molecule has 38 heavy (non-hydrogen) atoms. The smallest absolute Gasteiger partial charge is 0.137 e. The predicted octanol–water partition coefficient (Wildman–Crippen LogP) is 7.94. The number of pyridine rings is 1. The van der Waals surface area contributed by atoms with Crippen molar-refractivity contribution in [2.45, 2.75) is 32.7 Å². The molecule has 0 N–H and O–H groups in total. The van der Waals surface area contributed by atoms with Crippen LogP contribution in [0.3, 0.4) is 0 Å². The molecule has 0 saturated heterocycles. The molecule has 4 heterocycles. The summed E-state index contributed by atoms with van der Waals surface area (Å²) in [4.78, 5) is 7.65. The molecule has 0 spiro atoms. The standard InChI is InChI=1S/C34H32N4/c1-3-21-36-23-20-29-28-13-7-8-14-30(28)38(33(29)24(36)2)27-18-16-26(17-19-27)34-32(25-11-5-4-6-12-25)35-31-15-9-10-22-37(31)34/h4-19,22,24H,3,20-21,23H2,1-2H3. The monoisotopic (exact) mass is 496 g/mol. The molecule has 1 atom stereocenters. The molecule has 0 bridgehead atoms. The van der Waals surface area contributed by atoms with E-state index in [4.69, 9.17) is 4.98 Å². The molecule has 1 aliphatic heterocycles. The van der Waals surface area contributed by atoms with Gasteiger partial charge in [-0.2, -0.15) is 0 Å². The molecule has 0 fully saturated rings. The van der Waals surface area contributed by atoms with Crippen LogP contribution in [0.5, 0.6) is 0 Å². The van der Waals surface area contributed by atoms with Gasteiger partial charge in [-0.15, -0.1) is 0 Å². The summed E-state index contributed by atoms with van der Waals surface area (Å²) in [6, 6.07) is 35.1. The van der Waals surface area contributed by atoms with Gasteiger partial charge in [-0.05, 0) is 62.2 Å². The lowest BCUT2D eigenvalue weighted by atomic mass is 9.98. The third-order valence-corrected chi connectivity index (χ3v) is 8.10. The quantitative estimate of drug-likeness (QED) is 0.242. The van der Waals surface area contributed by atoms with Gasteiger partial charge >= 0.3 is 0 Å². The maximum atomic E-state index is 5.02.